The molecule has 0 N–H and O–H groups in total. The molecule has 1 saturated carbocycles. The van der Waals surface area contributed by atoms with Crippen LogP contribution in [-0.4, -0.2) is 38.6 Å². The first-order valence-electron chi connectivity index (χ1n) is 4.06. The molecule has 1 aliphatic heterocycles. The summed E-state index contributed by atoms with van der Waals surface area (Å²) in [5.74, 6) is 0. The summed E-state index contributed by atoms with van der Waals surface area (Å²) in [4.78, 5) is 0. The molecule has 3 nitrogen and oxygen atoms in total. The minimum Gasteiger partial charge on any atom is -0.379 e. The largest absolute Gasteiger partial charge is 0.379 e. The molecule has 0 aromatic carbocycles. The molecule has 0 aromatic rings. The van der Waals surface area contributed by atoms with Crippen molar-refractivity contribution in [1.82, 2.24) is 0 Å². The molecule has 64 valence electrons. The van der Waals surface area contributed by atoms with Crippen molar-refractivity contribution < 1.29 is 14.2 Å². The van der Waals surface area contributed by atoms with E-state index >= 15 is 0 Å². The summed E-state index contributed by atoms with van der Waals surface area (Å²) >= 11 is 0. The van der Waals surface area contributed by atoms with Crippen LogP contribution >= 0.6 is 0 Å². The number of epoxide rings is 1. The van der Waals surface area contributed by atoms with E-state index in [2.05, 4.69) is 0 Å². The summed E-state index contributed by atoms with van der Waals surface area (Å²) in [5, 5.41) is 0. The van der Waals surface area contributed by atoms with Crippen LogP contribution in [0.25, 0.3) is 0 Å². The molecule has 0 spiro atoms. The molecule has 2 aliphatic rings. The Kier molecular flexibility index (Phi) is 1.87. The van der Waals surface area contributed by atoms with E-state index in [1.807, 2.05) is 0 Å². The van der Waals surface area contributed by atoms with Crippen molar-refractivity contribution >= 4 is 0 Å². The van der Waals surface area contributed by atoms with Crippen molar-refractivity contribution in [3.63, 3.8) is 0 Å². The Morgan fingerprint density at radius 2 is 1.45 bits per heavy atom. The zero-order valence-electron chi connectivity index (χ0n) is 6.95. The van der Waals surface area contributed by atoms with Gasteiger partial charge in [0.15, 0.2) is 0 Å². The standard InChI is InChI=1S/C8H14O3/c1-9-5-3-7-8(11-7)4-6(5)10-2/h5-8H,3-4H2,1-2H3/t5-,6+,7-,8+. The Bertz CT molecular complexity index is 132. The average molecular weight is 158 g/mol. The first kappa shape index (κ1) is 7.53. The summed E-state index contributed by atoms with van der Waals surface area (Å²) in [6.45, 7) is 0. The molecule has 1 saturated heterocycles. The van der Waals surface area contributed by atoms with E-state index in [0.717, 1.165) is 12.8 Å². The highest BCUT2D eigenvalue weighted by molar-refractivity contribution is 4.97. The van der Waals surface area contributed by atoms with Crippen LogP contribution in [0.5, 0.6) is 0 Å². The lowest BCUT2D eigenvalue weighted by molar-refractivity contribution is -0.0510. The Balaban J connectivity index is 1.94. The molecule has 4 atom stereocenters. The van der Waals surface area contributed by atoms with Gasteiger partial charge in [0.25, 0.3) is 0 Å². The third kappa shape index (κ3) is 1.28. The van der Waals surface area contributed by atoms with Crippen LogP contribution in [0, 0.1) is 0 Å². The van der Waals surface area contributed by atoms with E-state index in [9.17, 15) is 0 Å². The molecule has 11 heavy (non-hydrogen) atoms. The van der Waals surface area contributed by atoms with E-state index < -0.39 is 0 Å². The molecule has 0 amide bonds. The summed E-state index contributed by atoms with van der Waals surface area (Å²) in [7, 11) is 3.47. The molecule has 1 aliphatic carbocycles. The van der Waals surface area contributed by atoms with E-state index in [0.29, 0.717) is 12.2 Å². The Hall–Kier alpha value is -0.120. The maximum atomic E-state index is 5.38. The monoisotopic (exact) mass is 158 g/mol. The molecular weight excluding hydrogens is 144 g/mol. The lowest BCUT2D eigenvalue weighted by atomic mass is 9.95. The van der Waals surface area contributed by atoms with E-state index in [1.54, 1.807) is 14.2 Å². The zero-order chi connectivity index (χ0) is 7.84. The van der Waals surface area contributed by atoms with Crippen molar-refractivity contribution in [2.24, 2.45) is 0 Å². The molecule has 2 fully saturated rings. The first-order valence-corrected chi connectivity index (χ1v) is 4.06. The normalized spacial score (nSPS) is 48.5. The molecule has 0 radical (unpaired) electrons. The minimum atomic E-state index is 0.240. The Labute approximate surface area is 66.6 Å². The highest BCUT2D eigenvalue weighted by Gasteiger charge is 2.48. The van der Waals surface area contributed by atoms with Crippen LogP contribution in [-0.2, 0) is 14.2 Å². The zero-order valence-corrected chi connectivity index (χ0v) is 6.95. The third-order valence-electron chi connectivity index (χ3n) is 2.64. The minimum absolute atomic E-state index is 0.240. The van der Waals surface area contributed by atoms with E-state index in [-0.39, 0.29) is 12.2 Å². The Morgan fingerprint density at radius 1 is 1.00 bits per heavy atom. The second kappa shape index (κ2) is 2.73. The fraction of sp³-hybridized carbons (Fsp3) is 1.00. The van der Waals surface area contributed by atoms with Gasteiger partial charge in [0, 0.05) is 27.1 Å². The fourth-order valence-corrected chi connectivity index (χ4v) is 1.85. The number of hydrogen-bond donors (Lipinski definition) is 0. The van der Waals surface area contributed by atoms with E-state index in [1.165, 1.54) is 0 Å². The number of rotatable bonds is 2. The number of ether oxygens (including phenoxy) is 3. The smallest absolute Gasteiger partial charge is 0.0868 e. The van der Waals surface area contributed by atoms with Gasteiger partial charge in [-0.25, -0.2) is 0 Å². The van der Waals surface area contributed by atoms with Crippen molar-refractivity contribution in [2.45, 2.75) is 37.3 Å². The molecule has 0 unspecified atom stereocenters. The molecule has 3 heteroatoms. The average Bonchev–Trinajstić information content (AvgIpc) is 2.79. The molecule has 0 aromatic heterocycles. The quantitative estimate of drug-likeness (QED) is 0.551. The summed E-state index contributed by atoms with van der Waals surface area (Å²) in [6, 6.07) is 0. The first-order chi connectivity index (χ1) is 5.35. The van der Waals surface area contributed by atoms with Crippen molar-refractivity contribution in [1.29, 1.82) is 0 Å². The van der Waals surface area contributed by atoms with Gasteiger partial charge < -0.3 is 14.2 Å². The van der Waals surface area contributed by atoms with Crippen LogP contribution in [0.3, 0.4) is 0 Å². The summed E-state index contributed by atoms with van der Waals surface area (Å²) < 4.78 is 16.0. The second-order valence-electron chi connectivity index (χ2n) is 3.23. The van der Waals surface area contributed by atoms with Gasteiger partial charge >= 0.3 is 0 Å². The van der Waals surface area contributed by atoms with Gasteiger partial charge in [-0.15, -0.1) is 0 Å². The summed E-state index contributed by atoms with van der Waals surface area (Å²) in [5.41, 5.74) is 0. The molecular formula is C8H14O3. The maximum absolute atomic E-state index is 5.38. The highest BCUT2D eigenvalue weighted by atomic mass is 16.6. The van der Waals surface area contributed by atoms with Crippen molar-refractivity contribution in [3.05, 3.63) is 0 Å². The van der Waals surface area contributed by atoms with Crippen molar-refractivity contribution in [3.8, 4) is 0 Å². The fourth-order valence-electron chi connectivity index (χ4n) is 1.85. The lowest BCUT2D eigenvalue weighted by Crippen LogP contribution is -2.36. The topological polar surface area (TPSA) is 31.0 Å². The number of fused-ring (bicyclic) bond motifs is 1. The lowest BCUT2D eigenvalue weighted by Gasteiger charge is -2.26. The molecule has 1 heterocycles. The van der Waals surface area contributed by atoms with Gasteiger partial charge in [-0.2, -0.15) is 0 Å². The maximum Gasteiger partial charge on any atom is 0.0868 e. The Morgan fingerprint density at radius 3 is 1.82 bits per heavy atom. The second-order valence-corrected chi connectivity index (χ2v) is 3.23. The predicted molar refractivity (Wildman–Crippen MR) is 39.5 cm³/mol. The molecule has 0 bridgehead atoms. The number of methoxy groups -OCH3 is 2. The van der Waals surface area contributed by atoms with Gasteiger partial charge in [0.05, 0.1) is 24.4 Å². The van der Waals surface area contributed by atoms with Gasteiger partial charge in [0.1, 0.15) is 0 Å². The number of hydrogen-bond acceptors (Lipinski definition) is 3. The SMILES string of the molecule is CO[C@H]1C[C@@H]2O[C@@H]2C[C@H]1OC. The van der Waals surface area contributed by atoms with Gasteiger partial charge in [-0.1, -0.05) is 0 Å². The van der Waals surface area contributed by atoms with E-state index in [4.69, 9.17) is 14.2 Å². The van der Waals surface area contributed by atoms with Crippen LogP contribution in [0.15, 0.2) is 0 Å². The van der Waals surface area contributed by atoms with Crippen LogP contribution < -0.4 is 0 Å². The summed E-state index contributed by atoms with van der Waals surface area (Å²) in [6.07, 6.45) is 3.41. The third-order valence-corrected chi connectivity index (χ3v) is 2.64. The highest BCUT2D eigenvalue weighted by Crippen LogP contribution is 2.38. The van der Waals surface area contributed by atoms with Crippen molar-refractivity contribution in [2.75, 3.05) is 14.2 Å². The van der Waals surface area contributed by atoms with Gasteiger partial charge in [-0.3, -0.25) is 0 Å². The molecule has 2 rings (SSSR count). The van der Waals surface area contributed by atoms with Crippen LogP contribution in [0.4, 0.5) is 0 Å². The van der Waals surface area contributed by atoms with Gasteiger partial charge in [-0.05, 0) is 0 Å². The predicted octanol–water partition coefficient (Wildman–Crippen LogP) is 0.578. The van der Waals surface area contributed by atoms with Gasteiger partial charge in [0.2, 0.25) is 0 Å². The van der Waals surface area contributed by atoms with Crippen LogP contribution in [0.1, 0.15) is 12.8 Å². The van der Waals surface area contributed by atoms with Crippen LogP contribution in [0.2, 0.25) is 0 Å².